The fourth-order valence-corrected chi connectivity index (χ4v) is 2.79. The molecule has 0 aromatic heterocycles. The predicted molar refractivity (Wildman–Crippen MR) is 117 cm³/mol. The number of nitrogens with one attached hydrogen (secondary N) is 1. The molecule has 156 valence electrons. The van der Waals surface area contributed by atoms with Crippen LogP contribution in [0.5, 0.6) is 11.5 Å². The Bertz CT molecular complexity index is 1120. The second-order valence-corrected chi connectivity index (χ2v) is 6.50. The lowest BCUT2D eigenvalue weighted by Gasteiger charge is -2.11. The molecule has 6 heteroatoms. The molecule has 3 aromatic rings. The molecule has 0 heterocycles. The number of amides is 1. The van der Waals surface area contributed by atoms with Gasteiger partial charge in [0.1, 0.15) is 35.6 Å². The van der Waals surface area contributed by atoms with Gasteiger partial charge in [-0.3, -0.25) is 4.79 Å². The first-order valence-corrected chi connectivity index (χ1v) is 9.72. The molecule has 1 N–H and O–H groups in total. The molecule has 0 atom stereocenters. The Balaban J connectivity index is 1.67. The fourth-order valence-electron chi connectivity index (χ4n) is 2.79. The summed E-state index contributed by atoms with van der Waals surface area (Å²) in [7, 11) is 0. The number of hydrogen-bond acceptors (Lipinski definition) is 4. The van der Waals surface area contributed by atoms with Gasteiger partial charge in [-0.25, -0.2) is 4.39 Å². The standard InChI is InChI=1S/C25H21FN2O3/c1-2-30-24-10-6-5-9-23(24)28-25(29)20(16-27)15-18-11-13-21(14-12-18)31-17-19-7-3-4-8-22(19)26/h3-15H,2,17H2,1H3,(H,28,29)/b20-15+. The van der Waals surface area contributed by atoms with Crippen LogP contribution in [0.4, 0.5) is 10.1 Å². The first kappa shape index (κ1) is 21.6. The van der Waals surface area contributed by atoms with Gasteiger partial charge >= 0.3 is 0 Å². The lowest BCUT2D eigenvalue weighted by molar-refractivity contribution is -0.112. The predicted octanol–water partition coefficient (Wildman–Crippen LogP) is 5.35. The van der Waals surface area contributed by atoms with Gasteiger partial charge in [-0.05, 0) is 48.9 Å². The zero-order valence-corrected chi connectivity index (χ0v) is 17.0. The van der Waals surface area contributed by atoms with Crippen molar-refractivity contribution in [2.75, 3.05) is 11.9 Å². The van der Waals surface area contributed by atoms with E-state index in [1.165, 1.54) is 12.1 Å². The molecule has 0 bridgehead atoms. The van der Waals surface area contributed by atoms with Crippen molar-refractivity contribution in [2.24, 2.45) is 0 Å². The van der Waals surface area contributed by atoms with E-state index in [-0.39, 0.29) is 18.0 Å². The number of rotatable bonds is 8. The van der Waals surface area contributed by atoms with E-state index in [0.29, 0.717) is 34.9 Å². The topological polar surface area (TPSA) is 71.3 Å². The van der Waals surface area contributed by atoms with Crippen molar-refractivity contribution in [3.05, 3.63) is 95.3 Å². The molecule has 0 saturated heterocycles. The Morgan fingerprint density at radius 1 is 1.03 bits per heavy atom. The highest BCUT2D eigenvalue weighted by Crippen LogP contribution is 2.24. The summed E-state index contributed by atoms with van der Waals surface area (Å²) in [6, 6.07) is 22.2. The zero-order chi connectivity index (χ0) is 22.1. The zero-order valence-electron chi connectivity index (χ0n) is 17.0. The van der Waals surface area contributed by atoms with Gasteiger partial charge in [0.2, 0.25) is 0 Å². The first-order chi connectivity index (χ1) is 15.1. The van der Waals surface area contributed by atoms with Gasteiger partial charge in [0, 0.05) is 5.56 Å². The van der Waals surface area contributed by atoms with Crippen LogP contribution < -0.4 is 14.8 Å². The number of carbonyl (C=O) groups is 1. The molecule has 0 aliphatic rings. The Hall–Kier alpha value is -4.11. The van der Waals surface area contributed by atoms with Gasteiger partial charge in [0.05, 0.1) is 12.3 Å². The summed E-state index contributed by atoms with van der Waals surface area (Å²) in [6.45, 7) is 2.41. The Kier molecular flexibility index (Phi) is 7.39. The molecule has 5 nitrogen and oxygen atoms in total. The molecule has 0 aliphatic carbocycles. The summed E-state index contributed by atoms with van der Waals surface area (Å²) in [5, 5.41) is 12.1. The highest BCUT2D eigenvalue weighted by molar-refractivity contribution is 6.10. The van der Waals surface area contributed by atoms with E-state index in [1.54, 1.807) is 66.7 Å². The number of nitrogens with zero attached hydrogens (tertiary/aromatic N) is 1. The highest BCUT2D eigenvalue weighted by atomic mass is 19.1. The summed E-state index contributed by atoms with van der Waals surface area (Å²) in [5.41, 5.74) is 1.56. The van der Waals surface area contributed by atoms with Crippen molar-refractivity contribution >= 4 is 17.7 Å². The van der Waals surface area contributed by atoms with Crippen LogP contribution >= 0.6 is 0 Å². The molecule has 0 spiro atoms. The van der Waals surface area contributed by atoms with Crippen molar-refractivity contribution in [1.29, 1.82) is 5.26 Å². The fraction of sp³-hybridized carbons (Fsp3) is 0.120. The number of carbonyl (C=O) groups excluding carboxylic acids is 1. The van der Waals surface area contributed by atoms with E-state index in [0.717, 1.165) is 0 Å². The Morgan fingerprint density at radius 3 is 2.45 bits per heavy atom. The van der Waals surface area contributed by atoms with Gasteiger partial charge in [-0.15, -0.1) is 0 Å². The van der Waals surface area contributed by atoms with Crippen LogP contribution in [0.3, 0.4) is 0 Å². The van der Waals surface area contributed by atoms with Crippen molar-refractivity contribution in [2.45, 2.75) is 13.5 Å². The maximum Gasteiger partial charge on any atom is 0.266 e. The number of halogens is 1. The number of hydrogen-bond donors (Lipinski definition) is 1. The highest BCUT2D eigenvalue weighted by Gasteiger charge is 2.12. The molecule has 3 rings (SSSR count). The van der Waals surface area contributed by atoms with Crippen molar-refractivity contribution < 1.29 is 18.7 Å². The SMILES string of the molecule is CCOc1ccccc1NC(=O)/C(C#N)=C/c1ccc(OCc2ccccc2F)cc1. The number of ether oxygens (including phenoxy) is 2. The first-order valence-electron chi connectivity index (χ1n) is 9.72. The summed E-state index contributed by atoms with van der Waals surface area (Å²) in [6.07, 6.45) is 1.49. The lowest BCUT2D eigenvalue weighted by Crippen LogP contribution is -2.14. The van der Waals surface area contributed by atoms with E-state index < -0.39 is 5.91 Å². The van der Waals surface area contributed by atoms with E-state index in [4.69, 9.17) is 9.47 Å². The molecular formula is C25H21FN2O3. The normalized spacial score (nSPS) is 10.8. The van der Waals surface area contributed by atoms with Crippen molar-refractivity contribution in [3.63, 3.8) is 0 Å². The van der Waals surface area contributed by atoms with Gasteiger partial charge in [0.25, 0.3) is 5.91 Å². The molecule has 0 unspecified atom stereocenters. The van der Waals surface area contributed by atoms with Crippen molar-refractivity contribution in [3.8, 4) is 17.6 Å². The molecule has 0 fully saturated rings. The molecule has 0 radical (unpaired) electrons. The third-order valence-electron chi connectivity index (χ3n) is 4.34. The minimum atomic E-state index is -0.533. The molecule has 1 amide bonds. The summed E-state index contributed by atoms with van der Waals surface area (Å²) >= 11 is 0. The average Bonchev–Trinajstić information content (AvgIpc) is 2.79. The minimum Gasteiger partial charge on any atom is -0.492 e. The number of para-hydroxylation sites is 2. The maximum absolute atomic E-state index is 13.7. The minimum absolute atomic E-state index is 0.0497. The van der Waals surface area contributed by atoms with Crippen LogP contribution in [0.2, 0.25) is 0 Å². The summed E-state index contributed by atoms with van der Waals surface area (Å²) < 4.78 is 24.8. The third-order valence-corrected chi connectivity index (χ3v) is 4.34. The quantitative estimate of drug-likeness (QED) is 0.397. The maximum atomic E-state index is 13.7. The van der Waals surface area contributed by atoms with Gasteiger partial charge < -0.3 is 14.8 Å². The summed E-state index contributed by atoms with van der Waals surface area (Å²) in [4.78, 5) is 12.5. The molecule has 31 heavy (non-hydrogen) atoms. The average molecular weight is 416 g/mol. The van der Waals surface area contributed by atoms with Crippen LogP contribution in [0.25, 0.3) is 6.08 Å². The van der Waals surface area contributed by atoms with E-state index >= 15 is 0 Å². The van der Waals surface area contributed by atoms with Crippen LogP contribution in [0.1, 0.15) is 18.1 Å². The number of nitriles is 1. The Labute approximate surface area is 180 Å². The summed E-state index contributed by atoms with van der Waals surface area (Å²) in [5.74, 6) is 0.230. The van der Waals surface area contributed by atoms with Crippen LogP contribution in [0.15, 0.2) is 78.4 Å². The van der Waals surface area contributed by atoms with E-state index in [9.17, 15) is 14.4 Å². The van der Waals surface area contributed by atoms with Crippen LogP contribution in [0, 0.1) is 17.1 Å². The van der Waals surface area contributed by atoms with Gasteiger partial charge in [-0.2, -0.15) is 5.26 Å². The van der Waals surface area contributed by atoms with Crippen LogP contribution in [-0.2, 0) is 11.4 Å². The second kappa shape index (κ2) is 10.6. The second-order valence-electron chi connectivity index (χ2n) is 6.50. The largest absolute Gasteiger partial charge is 0.492 e. The van der Waals surface area contributed by atoms with Crippen molar-refractivity contribution in [1.82, 2.24) is 0 Å². The monoisotopic (exact) mass is 416 g/mol. The van der Waals surface area contributed by atoms with E-state index in [1.807, 2.05) is 13.0 Å². The smallest absolute Gasteiger partial charge is 0.266 e. The van der Waals surface area contributed by atoms with Crippen LogP contribution in [-0.4, -0.2) is 12.5 Å². The van der Waals surface area contributed by atoms with Gasteiger partial charge in [0.15, 0.2) is 0 Å². The molecular weight excluding hydrogens is 395 g/mol. The third kappa shape index (κ3) is 5.94. The number of anilines is 1. The molecule has 3 aromatic carbocycles. The lowest BCUT2D eigenvalue weighted by atomic mass is 10.1. The van der Waals surface area contributed by atoms with E-state index in [2.05, 4.69) is 5.32 Å². The number of benzene rings is 3. The van der Waals surface area contributed by atoms with Gasteiger partial charge in [-0.1, -0.05) is 42.5 Å². The molecule has 0 aliphatic heterocycles. The Morgan fingerprint density at radius 2 is 1.74 bits per heavy atom. The molecule has 0 saturated carbocycles.